The van der Waals surface area contributed by atoms with Crippen LogP contribution >= 0.6 is 0 Å². The fourth-order valence-corrected chi connectivity index (χ4v) is 2.26. The monoisotopic (exact) mass is 215 g/mol. The van der Waals surface area contributed by atoms with Gasteiger partial charge in [-0.3, -0.25) is 4.79 Å². The lowest BCUT2D eigenvalue weighted by Gasteiger charge is -2.35. The molecule has 0 aliphatic carbocycles. The first-order chi connectivity index (χ1) is 7.24. The number of aliphatic carboxylic acids is 1. The number of aliphatic hydroxyl groups excluding tert-OH is 1. The largest absolute Gasteiger partial charge is 0.481 e. The number of carboxylic acid groups (broad SMARTS) is 1. The molecule has 0 aromatic carbocycles. The molecule has 1 unspecified atom stereocenters. The number of nitrogens with zero attached hydrogens (tertiary/aromatic N) is 1. The van der Waals surface area contributed by atoms with Crippen molar-refractivity contribution in [2.45, 2.75) is 44.6 Å². The Morgan fingerprint density at radius 2 is 2.20 bits per heavy atom. The number of hydrogen-bond acceptors (Lipinski definition) is 3. The van der Waals surface area contributed by atoms with Gasteiger partial charge in [-0.15, -0.1) is 0 Å². The van der Waals surface area contributed by atoms with Crippen LogP contribution in [0.25, 0.3) is 0 Å². The molecule has 0 aromatic rings. The number of aliphatic hydroxyl groups is 1. The van der Waals surface area contributed by atoms with E-state index in [4.69, 9.17) is 10.2 Å². The zero-order chi connectivity index (χ0) is 11.1. The SMILES string of the molecule is O=C(O)CCCN1CCCCC1CCO. The van der Waals surface area contributed by atoms with Crippen molar-refractivity contribution in [3.63, 3.8) is 0 Å². The van der Waals surface area contributed by atoms with Crippen LogP contribution in [0.15, 0.2) is 0 Å². The molecule has 0 amide bonds. The van der Waals surface area contributed by atoms with E-state index in [9.17, 15) is 4.79 Å². The van der Waals surface area contributed by atoms with Crippen molar-refractivity contribution in [2.75, 3.05) is 19.7 Å². The predicted molar refractivity (Wildman–Crippen MR) is 57.8 cm³/mol. The molecule has 88 valence electrons. The summed E-state index contributed by atoms with van der Waals surface area (Å²) in [5.41, 5.74) is 0. The van der Waals surface area contributed by atoms with Gasteiger partial charge in [0, 0.05) is 19.1 Å². The summed E-state index contributed by atoms with van der Waals surface area (Å²) in [5.74, 6) is -0.717. The van der Waals surface area contributed by atoms with Gasteiger partial charge in [0.2, 0.25) is 0 Å². The maximum atomic E-state index is 10.4. The van der Waals surface area contributed by atoms with E-state index in [1.165, 1.54) is 12.8 Å². The van der Waals surface area contributed by atoms with Gasteiger partial charge in [0.15, 0.2) is 0 Å². The Morgan fingerprint density at radius 3 is 2.87 bits per heavy atom. The molecule has 1 saturated heterocycles. The molecule has 4 heteroatoms. The zero-order valence-corrected chi connectivity index (χ0v) is 9.19. The van der Waals surface area contributed by atoms with E-state index in [1.807, 2.05) is 0 Å². The van der Waals surface area contributed by atoms with Gasteiger partial charge in [-0.25, -0.2) is 0 Å². The third-order valence-electron chi connectivity index (χ3n) is 3.05. The van der Waals surface area contributed by atoms with Crippen LogP contribution < -0.4 is 0 Å². The van der Waals surface area contributed by atoms with E-state index in [0.29, 0.717) is 6.04 Å². The Balaban J connectivity index is 2.25. The van der Waals surface area contributed by atoms with Crippen LogP contribution in [-0.4, -0.2) is 46.8 Å². The lowest BCUT2D eigenvalue weighted by molar-refractivity contribution is -0.137. The molecule has 0 spiro atoms. The second-order valence-electron chi connectivity index (χ2n) is 4.20. The summed E-state index contributed by atoms with van der Waals surface area (Å²) in [6, 6.07) is 0.470. The predicted octanol–water partition coefficient (Wildman–Crippen LogP) is 1.09. The summed E-state index contributed by atoms with van der Waals surface area (Å²) in [6.45, 7) is 2.15. The molecule has 1 atom stereocenters. The fourth-order valence-electron chi connectivity index (χ4n) is 2.26. The topological polar surface area (TPSA) is 60.8 Å². The summed E-state index contributed by atoms with van der Waals surface area (Å²) < 4.78 is 0. The van der Waals surface area contributed by atoms with E-state index in [-0.39, 0.29) is 13.0 Å². The third kappa shape index (κ3) is 4.62. The second kappa shape index (κ2) is 6.80. The number of hydrogen-bond donors (Lipinski definition) is 2. The molecule has 0 bridgehead atoms. The van der Waals surface area contributed by atoms with Crippen LogP contribution in [0.5, 0.6) is 0 Å². The average Bonchev–Trinajstić information content (AvgIpc) is 2.20. The quantitative estimate of drug-likeness (QED) is 0.696. The Kier molecular flexibility index (Phi) is 5.65. The standard InChI is InChI=1S/C11H21NO3/c13-9-6-10-4-1-2-7-12(10)8-3-5-11(14)15/h10,13H,1-9H2,(H,14,15). The van der Waals surface area contributed by atoms with Gasteiger partial charge in [0.1, 0.15) is 0 Å². The van der Waals surface area contributed by atoms with E-state index in [1.54, 1.807) is 0 Å². The fraction of sp³-hybridized carbons (Fsp3) is 0.909. The number of carbonyl (C=O) groups is 1. The van der Waals surface area contributed by atoms with Crippen LogP contribution in [0.1, 0.15) is 38.5 Å². The Morgan fingerprint density at radius 1 is 1.40 bits per heavy atom. The molecule has 4 nitrogen and oxygen atoms in total. The van der Waals surface area contributed by atoms with Gasteiger partial charge < -0.3 is 15.1 Å². The van der Waals surface area contributed by atoms with Crippen molar-refractivity contribution in [1.29, 1.82) is 0 Å². The van der Waals surface area contributed by atoms with Gasteiger partial charge >= 0.3 is 5.97 Å². The summed E-state index contributed by atoms with van der Waals surface area (Å²) in [4.78, 5) is 12.7. The summed E-state index contributed by atoms with van der Waals surface area (Å²) in [7, 11) is 0. The number of carboxylic acids is 1. The van der Waals surface area contributed by atoms with Crippen molar-refractivity contribution in [1.82, 2.24) is 4.90 Å². The first kappa shape index (κ1) is 12.5. The van der Waals surface area contributed by atoms with Crippen LogP contribution in [-0.2, 0) is 4.79 Å². The van der Waals surface area contributed by atoms with Crippen molar-refractivity contribution >= 4 is 5.97 Å². The van der Waals surface area contributed by atoms with E-state index >= 15 is 0 Å². The van der Waals surface area contributed by atoms with Crippen molar-refractivity contribution in [3.8, 4) is 0 Å². The number of likely N-dealkylation sites (tertiary alicyclic amines) is 1. The molecular weight excluding hydrogens is 194 g/mol. The maximum Gasteiger partial charge on any atom is 0.303 e. The molecule has 0 saturated carbocycles. The minimum absolute atomic E-state index is 0.236. The summed E-state index contributed by atoms with van der Waals surface area (Å²) in [5, 5.41) is 17.5. The van der Waals surface area contributed by atoms with Crippen LogP contribution in [0.2, 0.25) is 0 Å². The summed E-state index contributed by atoms with van der Waals surface area (Å²) >= 11 is 0. The minimum Gasteiger partial charge on any atom is -0.481 e. The normalized spacial score (nSPS) is 22.9. The van der Waals surface area contributed by atoms with Crippen LogP contribution in [0.4, 0.5) is 0 Å². The highest BCUT2D eigenvalue weighted by molar-refractivity contribution is 5.66. The smallest absolute Gasteiger partial charge is 0.303 e. The first-order valence-electron chi connectivity index (χ1n) is 5.80. The van der Waals surface area contributed by atoms with Gasteiger partial charge in [-0.2, -0.15) is 0 Å². The first-order valence-corrected chi connectivity index (χ1v) is 5.80. The molecule has 15 heavy (non-hydrogen) atoms. The average molecular weight is 215 g/mol. The van der Waals surface area contributed by atoms with Crippen molar-refractivity contribution in [3.05, 3.63) is 0 Å². The minimum atomic E-state index is -0.717. The van der Waals surface area contributed by atoms with Gasteiger partial charge in [0.25, 0.3) is 0 Å². The number of rotatable bonds is 6. The molecule has 2 N–H and O–H groups in total. The highest BCUT2D eigenvalue weighted by Gasteiger charge is 2.21. The van der Waals surface area contributed by atoms with E-state index in [0.717, 1.165) is 32.4 Å². The van der Waals surface area contributed by atoms with Crippen molar-refractivity contribution in [2.24, 2.45) is 0 Å². The molecule has 1 aliphatic rings. The Bertz CT molecular complexity index is 194. The lowest BCUT2D eigenvalue weighted by Crippen LogP contribution is -2.40. The Hall–Kier alpha value is -0.610. The highest BCUT2D eigenvalue weighted by atomic mass is 16.4. The lowest BCUT2D eigenvalue weighted by atomic mass is 9.99. The molecular formula is C11H21NO3. The summed E-state index contributed by atoms with van der Waals surface area (Å²) in [6.07, 6.45) is 5.38. The van der Waals surface area contributed by atoms with Gasteiger partial charge in [-0.05, 0) is 38.8 Å². The Labute approximate surface area is 90.9 Å². The van der Waals surface area contributed by atoms with Crippen molar-refractivity contribution < 1.29 is 15.0 Å². The van der Waals surface area contributed by atoms with Crippen LogP contribution in [0.3, 0.4) is 0 Å². The maximum absolute atomic E-state index is 10.4. The third-order valence-corrected chi connectivity index (χ3v) is 3.05. The molecule has 1 aliphatic heterocycles. The number of piperidine rings is 1. The molecule has 1 heterocycles. The van der Waals surface area contributed by atoms with Gasteiger partial charge in [0.05, 0.1) is 0 Å². The molecule has 1 rings (SSSR count). The second-order valence-corrected chi connectivity index (χ2v) is 4.20. The van der Waals surface area contributed by atoms with E-state index < -0.39 is 5.97 Å². The van der Waals surface area contributed by atoms with Gasteiger partial charge in [-0.1, -0.05) is 6.42 Å². The molecule has 0 aromatic heterocycles. The van der Waals surface area contributed by atoms with Crippen LogP contribution in [0, 0.1) is 0 Å². The highest BCUT2D eigenvalue weighted by Crippen LogP contribution is 2.19. The molecule has 1 fully saturated rings. The van der Waals surface area contributed by atoms with E-state index in [2.05, 4.69) is 4.90 Å². The zero-order valence-electron chi connectivity index (χ0n) is 9.19. The molecule has 0 radical (unpaired) electrons.